The van der Waals surface area contributed by atoms with Gasteiger partial charge in [0.05, 0.1) is 12.1 Å². The Labute approximate surface area is 193 Å². The van der Waals surface area contributed by atoms with Gasteiger partial charge in [0.15, 0.2) is 11.5 Å². The number of rotatable bonds is 8. The standard InChI is InChI=1S/C21H25FN6O6/c1-11(34-12(2)26-23)17(30)25-21(3,4)20-24-15(16(29)19(32)28(20)5)18(31)27-33-10-13-6-8-14(22)9-7-13/h6-9,29H,1,10,23H2,2-5H3,(H,25,30)(H,27,31)/b26-12-. The Hall–Kier alpha value is -4.26. The summed E-state index contributed by atoms with van der Waals surface area (Å²) in [5, 5.41) is 16.0. The van der Waals surface area contributed by atoms with Crippen LogP contribution in [0.25, 0.3) is 0 Å². The van der Waals surface area contributed by atoms with Crippen molar-refractivity contribution in [2.24, 2.45) is 18.0 Å². The molecule has 12 nitrogen and oxygen atoms in total. The van der Waals surface area contributed by atoms with Gasteiger partial charge in [-0.1, -0.05) is 18.7 Å². The van der Waals surface area contributed by atoms with Crippen LogP contribution in [-0.4, -0.2) is 32.4 Å². The number of nitrogens with two attached hydrogens (primary N) is 1. The number of aromatic hydroxyl groups is 1. The van der Waals surface area contributed by atoms with E-state index in [1.807, 2.05) is 0 Å². The van der Waals surface area contributed by atoms with Crippen molar-refractivity contribution in [1.82, 2.24) is 20.3 Å². The topological polar surface area (TPSA) is 170 Å². The van der Waals surface area contributed by atoms with E-state index in [-0.39, 0.29) is 24.1 Å². The lowest BCUT2D eigenvalue weighted by Gasteiger charge is -2.28. The second-order valence-corrected chi connectivity index (χ2v) is 7.60. The lowest BCUT2D eigenvalue weighted by molar-refractivity contribution is -0.121. The average molecular weight is 476 g/mol. The summed E-state index contributed by atoms with van der Waals surface area (Å²) < 4.78 is 19.0. The highest BCUT2D eigenvalue weighted by Crippen LogP contribution is 2.20. The molecule has 0 saturated heterocycles. The summed E-state index contributed by atoms with van der Waals surface area (Å²) in [5.74, 6) is 1.55. The summed E-state index contributed by atoms with van der Waals surface area (Å²) >= 11 is 0. The van der Waals surface area contributed by atoms with E-state index in [0.717, 1.165) is 4.57 Å². The van der Waals surface area contributed by atoms with Gasteiger partial charge in [0.2, 0.25) is 11.6 Å². The number of benzene rings is 1. The third kappa shape index (κ3) is 6.16. The summed E-state index contributed by atoms with van der Waals surface area (Å²) in [7, 11) is 1.31. The van der Waals surface area contributed by atoms with E-state index < -0.39 is 40.2 Å². The van der Waals surface area contributed by atoms with Crippen LogP contribution in [0.2, 0.25) is 0 Å². The van der Waals surface area contributed by atoms with Crippen molar-refractivity contribution in [2.75, 3.05) is 0 Å². The van der Waals surface area contributed by atoms with Crippen molar-refractivity contribution in [2.45, 2.75) is 32.9 Å². The largest absolute Gasteiger partial charge is 0.501 e. The zero-order valence-corrected chi connectivity index (χ0v) is 19.0. The van der Waals surface area contributed by atoms with Gasteiger partial charge in [0.1, 0.15) is 11.6 Å². The fourth-order valence-electron chi connectivity index (χ4n) is 2.78. The van der Waals surface area contributed by atoms with Gasteiger partial charge in [0, 0.05) is 14.0 Å². The third-order valence-corrected chi connectivity index (χ3v) is 4.49. The number of halogens is 1. The Balaban J connectivity index is 2.23. The Kier molecular flexibility index (Phi) is 8.08. The monoisotopic (exact) mass is 476 g/mol. The maximum Gasteiger partial charge on any atom is 0.297 e. The summed E-state index contributed by atoms with van der Waals surface area (Å²) in [6.07, 6.45) is 0. The van der Waals surface area contributed by atoms with Crippen molar-refractivity contribution in [3.63, 3.8) is 0 Å². The highest BCUT2D eigenvalue weighted by atomic mass is 19.1. The summed E-state index contributed by atoms with van der Waals surface area (Å²) in [4.78, 5) is 46.6. The van der Waals surface area contributed by atoms with Crippen molar-refractivity contribution >= 4 is 17.7 Å². The molecule has 2 rings (SSSR count). The molecule has 1 aromatic carbocycles. The number of hydrazone groups is 1. The molecule has 5 N–H and O–H groups in total. The molecule has 0 aliphatic rings. The minimum absolute atomic E-state index is 0.00675. The van der Waals surface area contributed by atoms with Gasteiger partial charge in [-0.2, -0.15) is 0 Å². The number of hydrogen-bond acceptors (Lipinski definition) is 9. The van der Waals surface area contributed by atoms with Crippen LogP contribution in [0, 0.1) is 5.82 Å². The molecular formula is C21H25FN6O6. The van der Waals surface area contributed by atoms with Crippen LogP contribution in [0.5, 0.6) is 5.75 Å². The van der Waals surface area contributed by atoms with E-state index in [2.05, 4.69) is 27.5 Å². The van der Waals surface area contributed by atoms with E-state index >= 15 is 0 Å². The predicted molar refractivity (Wildman–Crippen MR) is 118 cm³/mol. The molecule has 34 heavy (non-hydrogen) atoms. The van der Waals surface area contributed by atoms with Gasteiger partial charge in [-0.15, -0.1) is 5.10 Å². The van der Waals surface area contributed by atoms with Crippen LogP contribution < -0.4 is 22.2 Å². The quantitative estimate of drug-likeness (QED) is 0.107. The molecule has 13 heteroatoms. The first-order chi connectivity index (χ1) is 15.9. The molecule has 0 spiro atoms. The van der Waals surface area contributed by atoms with E-state index in [0.29, 0.717) is 5.56 Å². The van der Waals surface area contributed by atoms with Crippen LogP contribution in [0.4, 0.5) is 4.39 Å². The molecule has 0 saturated carbocycles. The van der Waals surface area contributed by atoms with Crippen LogP contribution in [0.3, 0.4) is 0 Å². The zero-order valence-electron chi connectivity index (χ0n) is 19.0. The highest BCUT2D eigenvalue weighted by Gasteiger charge is 2.32. The number of carbonyl (C=O) groups is 2. The van der Waals surface area contributed by atoms with Crippen molar-refractivity contribution in [1.29, 1.82) is 0 Å². The molecule has 0 atom stereocenters. The van der Waals surface area contributed by atoms with Gasteiger partial charge in [-0.3, -0.25) is 23.8 Å². The van der Waals surface area contributed by atoms with Crippen LogP contribution in [0.1, 0.15) is 42.6 Å². The number of aromatic nitrogens is 2. The van der Waals surface area contributed by atoms with Crippen LogP contribution >= 0.6 is 0 Å². The van der Waals surface area contributed by atoms with Gasteiger partial charge < -0.3 is 21.0 Å². The van der Waals surface area contributed by atoms with Crippen LogP contribution in [0.15, 0.2) is 46.5 Å². The number of nitrogens with one attached hydrogen (secondary N) is 2. The first-order valence-corrected chi connectivity index (χ1v) is 9.78. The SMILES string of the molecule is C=C(O/C(C)=N\N)C(=O)NC(C)(C)c1nc(C(=O)NOCc2ccc(F)cc2)c(O)c(=O)n1C. The smallest absolute Gasteiger partial charge is 0.297 e. The number of hydrogen-bond donors (Lipinski definition) is 4. The summed E-state index contributed by atoms with van der Waals surface area (Å²) in [5.41, 5.74) is -0.263. The lowest BCUT2D eigenvalue weighted by Crippen LogP contribution is -2.46. The maximum atomic E-state index is 13.0. The molecule has 0 radical (unpaired) electrons. The van der Waals surface area contributed by atoms with Crippen molar-refractivity contribution in [3.8, 4) is 5.75 Å². The first kappa shape index (κ1) is 26.0. The van der Waals surface area contributed by atoms with Gasteiger partial charge in [0.25, 0.3) is 17.4 Å². The zero-order chi connectivity index (χ0) is 25.6. The van der Waals surface area contributed by atoms with E-state index in [1.54, 1.807) is 0 Å². The van der Waals surface area contributed by atoms with Crippen LogP contribution in [-0.2, 0) is 33.6 Å². The second-order valence-electron chi connectivity index (χ2n) is 7.60. The number of hydroxylamine groups is 1. The Morgan fingerprint density at radius 3 is 2.53 bits per heavy atom. The third-order valence-electron chi connectivity index (χ3n) is 4.49. The molecule has 0 aliphatic carbocycles. The summed E-state index contributed by atoms with van der Waals surface area (Å²) in [6.45, 7) is 7.80. The normalized spacial score (nSPS) is 11.6. The van der Waals surface area contributed by atoms with E-state index in [9.17, 15) is 23.9 Å². The molecule has 0 aliphatic heterocycles. The predicted octanol–water partition coefficient (Wildman–Crippen LogP) is 0.660. The second kappa shape index (κ2) is 10.6. The molecule has 0 bridgehead atoms. The number of amides is 2. The minimum Gasteiger partial charge on any atom is -0.501 e. The van der Waals surface area contributed by atoms with Gasteiger partial charge in [-0.25, -0.2) is 14.9 Å². The molecule has 1 heterocycles. The number of carbonyl (C=O) groups excluding carboxylic acids is 2. The summed E-state index contributed by atoms with van der Waals surface area (Å²) in [6, 6.07) is 5.36. The minimum atomic E-state index is -1.33. The fourth-order valence-corrected chi connectivity index (χ4v) is 2.78. The van der Waals surface area contributed by atoms with Gasteiger partial charge >= 0.3 is 0 Å². The van der Waals surface area contributed by atoms with Gasteiger partial charge in [-0.05, 0) is 31.5 Å². The fraction of sp³-hybridized carbons (Fsp3) is 0.286. The molecule has 1 aromatic heterocycles. The Morgan fingerprint density at radius 2 is 1.94 bits per heavy atom. The van der Waals surface area contributed by atoms with Crippen molar-refractivity contribution < 1.29 is 28.7 Å². The van der Waals surface area contributed by atoms with Crippen molar-refractivity contribution in [3.05, 3.63) is 69.9 Å². The van der Waals surface area contributed by atoms with E-state index in [4.69, 9.17) is 15.4 Å². The van der Waals surface area contributed by atoms with E-state index in [1.165, 1.54) is 52.1 Å². The molecule has 2 amide bonds. The highest BCUT2D eigenvalue weighted by molar-refractivity contribution is 5.95. The Bertz CT molecular complexity index is 1190. The molecule has 2 aromatic rings. The molecule has 0 fully saturated rings. The average Bonchev–Trinajstić information content (AvgIpc) is 2.78. The molecular weight excluding hydrogens is 451 g/mol. The lowest BCUT2D eigenvalue weighted by atomic mass is 10.0. The molecule has 182 valence electrons. The number of nitrogens with zero attached hydrogens (tertiary/aromatic N) is 3. The maximum absolute atomic E-state index is 13.0. The Morgan fingerprint density at radius 1 is 1.32 bits per heavy atom. The molecule has 0 unspecified atom stereocenters. The first-order valence-electron chi connectivity index (χ1n) is 9.78. The number of ether oxygens (including phenoxy) is 1.